The van der Waals surface area contributed by atoms with Gasteiger partial charge in [-0.2, -0.15) is 5.26 Å². The third-order valence-corrected chi connectivity index (χ3v) is 3.61. The standard InChI is InChI=1S/C16H19N3/c1-10(2)13-7-6-11(3)14(8-13)16-15(9-17)18-12(4)19(16)5/h6-8,10H,1-5H3. The van der Waals surface area contributed by atoms with Gasteiger partial charge in [0, 0.05) is 12.6 Å². The zero-order valence-corrected chi connectivity index (χ0v) is 12.2. The number of benzene rings is 1. The van der Waals surface area contributed by atoms with Crippen LogP contribution in [0, 0.1) is 25.2 Å². The van der Waals surface area contributed by atoms with Crippen molar-refractivity contribution < 1.29 is 0 Å². The summed E-state index contributed by atoms with van der Waals surface area (Å²) in [5.41, 5.74) is 4.97. The van der Waals surface area contributed by atoms with E-state index in [2.05, 4.69) is 50.0 Å². The van der Waals surface area contributed by atoms with Crippen molar-refractivity contribution in [3.8, 4) is 17.3 Å². The van der Waals surface area contributed by atoms with Gasteiger partial charge in [0.2, 0.25) is 0 Å². The minimum atomic E-state index is 0.471. The van der Waals surface area contributed by atoms with Crippen LogP contribution in [-0.4, -0.2) is 9.55 Å². The summed E-state index contributed by atoms with van der Waals surface area (Å²) in [6.45, 7) is 8.34. The monoisotopic (exact) mass is 253 g/mol. The number of aryl methyl sites for hydroxylation is 2. The van der Waals surface area contributed by atoms with Crippen molar-refractivity contribution in [1.82, 2.24) is 9.55 Å². The highest BCUT2D eigenvalue weighted by molar-refractivity contribution is 5.70. The molecule has 2 aromatic rings. The Bertz CT molecular complexity index is 657. The van der Waals surface area contributed by atoms with E-state index in [4.69, 9.17) is 0 Å². The van der Waals surface area contributed by atoms with Gasteiger partial charge in [-0.3, -0.25) is 0 Å². The van der Waals surface area contributed by atoms with E-state index in [1.807, 2.05) is 18.5 Å². The highest BCUT2D eigenvalue weighted by atomic mass is 15.1. The van der Waals surface area contributed by atoms with E-state index in [9.17, 15) is 5.26 Å². The van der Waals surface area contributed by atoms with Gasteiger partial charge in [0.05, 0.1) is 5.69 Å². The maximum Gasteiger partial charge on any atom is 0.166 e. The topological polar surface area (TPSA) is 41.6 Å². The molecule has 0 N–H and O–H groups in total. The minimum absolute atomic E-state index is 0.471. The Morgan fingerprint density at radius 1 is 1.26 bits per heavy atom. The molecule has 1 aromatic carbocycles. The summed E-state index contributed by atoms with van der Waals surface area (Å²) in [5, 5.41) is 9.26. The predicted molar refractivity (Wildman–Crippen MR) is 76.9 cm³/mol. The quantitative estimate of drug-likeness (QED) is 0.819. The number of rotatable bonds is 2. The van der Waals surface area contributed by atoms with E-state index in [0.29, 0.717) is 11.6 Å². The van der Waals surface area contributed by atoms with E-state index in [1.54, 1.807) is 0 Å². The summed E-state index contributed by atoms with van der Waals surface area (Å²) in [4.78, 5) is 4.32. The average molecular weight is 253 g/mol. The molecule has 19 heavy (non-hydrogen) atoms. The molecule has 0 bridgehead atoms. The molecule has 98 valence electrons. The summed E-state index contributed by atoms with van der Waals surface area (Å²) in [6, 6.07) is 8.65. The molecule has 0 saturated heterocycles. The lowest BCUT2D eigenvalue weighted by Gasteiger charge is -2.12. The van der Waals surface area contributed by atoms with Crippen LogP contribution in [0.5, 0.6) is 0 Å². The van der Waals surface area contributed by atoms with Gasteiger partial charge in [0.15, 0.2) is 5.69 Å². The zero-order valence-electron chi connectivity index (χ0n) is 12.2. The smallest absolute Gasteiger partial charge is 0.166 e. The second-order valence-corrected chi connectivity index (χ2v) is 5.26. The van der Waals surface area contributed by atoms with Crippen LogP contribution in [0.4, 0.5) is 0 Å². The molecule has 3 nitrogen and oxygen atoms in total. The van der Waals surface area contributed by atoms with Crippen LogP contribution in [0.15, 0.2) is 18.2 Å². The van der Waals surface area contributed by atoms with Crippen LogP contribution >= 0.6 is 0 Å². The molecule has 2 rings (SSSR count). The summed E-state index contributed by atoms with van der Waals surface area (Å²) in [5.74, 6) is 1.33. The fraction of sp³-hybridized carbons (Fsp3) is 0.375. The van der Waals surface area contributed by atoms with E-state index in [-0.39, 0.29) is 0 Å². The Balaban J connectivity index is 2.72. The second-order valence-electron chi connectivity index (χ2n) is 5.26. The number of imidazole rings is 1. The van der Waals surface area contributed by atoms with Crippen molar-refractivity contribution >= 4 is 0 Å². The third-order valence-electron chi connectivity index (χ3n) is 3.61. The average Bonchev–Trinajstić information content (AvgIpc) is 2.66. The van der Waals surface area contributed by atoms with Gasteiger partial charge >= 0.3 is 0 Å². The Labute approximate surface area is 114 Å². The number of hydrogen-bond donors (Lipinski definition) is 0. The van der Waals surface area contributed by atoms with Crippen molar-refractivity contribution in [3.63, 3.8) is 0 Å². The number of aromatic nitrogens is 2. The molecular formula is C16H19N3. The van der Waals surface area contributed by atoms with Crippen molar-refractivity contribution in [2.24, 2.45) is 7.05 Å². The van der Waals surface area contributed by atoms with E-state index >= 15 is 0 Å². The molecule has 0 aliphatic heterocycles. The predicted octanol–water partition coefficient (Wildman–Crippen LogP) is 3.70. The Kier molecular flexibility index (Phi) is 3.44. The maximum absolute atomic E-state index is 9.26. The number of hydrogen-bond acceptors (Lipinski definition) is 2. The molecule has 0 aliphatic carbocycles. The molecule has 0 unspecified atom stereocenters. The maximum atomic E-state index is 9.26. The summed E-state index contributed by atoms with van der Waals surface area (Å²) in [6.07, 6.45) is 0. The first-order valence-corrected chi connectivity index (χ1v) is 6.50. The van der Waals surface area contributed by atoms with Crippen molar-refractivity contribution in [1.29, 1.82) is 5.26 Å². The molecule has 0 amide bonds. The molecule has 1 heterocycles. The highest BCUT2D eigenvalue weighted by Gasteiger charge is 2.16. The van der Waals surface area contributed by atoms with E-state index < -0.39 is 0 Å². The minimum Gasteiger partial charge on any atom is -0.330 e. The lowest BCUT2D eigenvalue weighted by atomic mass is 9.95. The molecule has 1 aromatic heterocycles. The SMILES string of the molecule is Cc1ccc(C(C)C)cc1-c1c(C#N)nc(C)n1C. The first-order valence-electron chi connectivity index (χ1n) is 6.50. The fourth-order valence-corrected chi connectivity index (χ4v) is 2.25. The second kappa shape index (κ2) is 4.89. The first-order chi connectivity index (χ1) is 8.95. The Hall–Kier alpha value is -2.08. The lowest BCUT2D eigenvalue weighted by Crippen LogP contribution is -1.98. The lowest BCUT2D eigenvalue weighted by molar-refractivity contribution is 0.856. The molecule has 0 aliphatic rings. The van der Waals surface area contributed by atoms with Gasteiger partial charge in [-0.15, -0.1) is 0 Å². The molecule has 0 fully saturated rings. The zero-order chi connectivity index (χ0) is 14.2. The first kappa shape index (κ1) is 13.4. The summed E-state index contributed by atoms with van der Waals surface area (Å²) < 4.78 is 1.99. The Morgan fingerprint density at radius 3 is 2.53 bits per heavy atom. The van der Waals surface area contributed by atoms with Crippen LogP contribution < -0.4 is 0 Å². The molecule has 0 spiro atoms. The molecule has 0 saturated carbocycles. The van der Waals surface area contributed by atoms with Gasteiger partial charge < -0.3 is 4.57 Å². The van der Waals surface area contributed by atoms with Crippen LogP contribution in [0.3, 0.4) is 0 Å². The van der Waals surface area contributed by atoms with E-state index in [1.165, 1.54) is 11.1 Å². The molecular weight excluding hydrogens is 234 g/mol. The van der Waals surface area contributed by atoms with Crippen molar-refractivity contribution in [2.75, 3.05) is 0 Å². The molecule has 3 heteroatoms. The third kappa shape index (κ3) is 2.26. The van der Waals surface area contributed by atoms with Crippen molar-refractivity contribution in [2.45, 2.75) is 33.6 Å². The van der Waals surface area contributed by atoms with Gasteiger partial charge in [0.1, 0.15) is 11.9 Å². The van der Waals surface area contributed by atoms with Crippen LogP contribution in [0.1, 0.15) is 42.4 Å². The van der Waals surface area contributed by atoms with Gasteiger partial charge in [-0.25, -0.2) is 4.98 Å². The summed E-state index contributed by atoms with van der Waals surface area (Å²) >= 11 is 0. The van der Waals surface area contributed by atoms with Crippen LogP contribution in [0.2, 0.25) is 0 Å². The Morgan fingerprint density at radius 2 is 1.95 bits per heavy atom. The highest BCUT2D eigenvalue weighted by Crippen LogP contribution is 2.30. The van der Waals surface area contributed by atoms with Gasteiger partial charge in [0.25, 0.3) is 0 Å². The molecule has 0 atom stereocenters. The number of nitriles is 1. The fourth-order valence-electron chi connectivity index (χ4n) is 2.25. The van der Waals surface area contributed by atoms with Gasteiger partial charge in [-0.05, 0) is 37.0 Å². The number of nitrogens with zero attached hydrogens (tertiary/aromatic N) is 3. The molecule has 0 radical (unpaired) electrons. The van der Waals surface area contributed by atoms with Crippen LogP contribution in [-0.2, 0) is 7.05 Å². The normalized spacial score (nSPS) is 10.8. The van der Waals surface area contributed by atoms with Gasteiger partial charge in [-0.1, -0.05) is 26.0 Å². The van der Waals surface area contributed by atoms with Crippen LogP contribution in [0.25, 0.3) is 11.3 Å². The largest absolute Gasteiger partial charge is 0.330 e. The van der Waals surface area contributed by atoms with Crippen molar-refractivity contribution in [3.05, 3.63) is 40.8 Å². The van der Waals surface area contributed by atoms with E-state index in [0.717, 1.165) is 17.1 Å². The summed E-state index contributed by atoms with van der Waals surface area (Å²) in [7, 11) is 1.96.